The summed E-state index contributed by atoms with van der Waals surface area (Å²) in [5.41, 5.74) is 5.08. The van der Waals surface area contributed by atoms with E-state index in [1.54, 1.807) is 5.51 Å². The van der Waals surface area contributed by atoms with Crippen LogP contribution in [0.25, 0.3) is 0 Å². The molecule has 80 valence electrons. The maximum Gasteiger partial charge on any atom is 0.159 e. The summed E-state index contributed by atoms with van der Waals surface area (Å²) in [6.45, 7) is 4.11. The lowest BCUT2D eigenvalue weighted by atomic mass is 10.1. The van der Waals surface area contributed by atoms with E-state index in [0.29, 0.717) is 10.7 Å². The van der Waals surface area contributed by atoms with Crippen molar-refractivity contribution in [3.8, 4) is 6.07 Å². The molecule has 0 fully saturated rings. The van der Waals surface area contributed by atoms with Gasteiger partial charge in [0.15, 0.2) is 5.82 Å². The average molecular weight is 229 g/mol. The van der Waals surface area contributed by atoms with E-state index in [1.807, 2.05) is 12.1 Å². The Morgan fingerprint density at radius 1 is 1.38 bits per heavy atom. The van der Waals surface area contributed by atoms with Crippen LogP contribution in [0, 0.1) is 25.2 Å². The van der Waals surface area contributed by atoms with Crippen LogP contribution in [0.4, 0.5) is 11.5 Å². The molecule has 1 aromatic heterocycles. The zero-order valence-corrected chi connectivity index (χ0v) is 9.93. The molecule has 0 saturated heterocycles. The van der Waals surface area contributed by atoms with Gasteiger partial charge in [0.05, 0.1) is 5.51 Å². The molecule has 2 aromatic rings. The fourth-order valence-corrected chi connectivity index (χ4v) is 1.96. The first-order valence-electron chi connectivity index (χ1n) is 4.89. The Labute approximate surface area is 98.4 Å². The molecule has 1 N–H and O–H groups in total. The second-order valence-electron chi connectivity index (χ2n) is 3.51. The third kappa shape index (κ3) is 1.90. The number of aromatic nitrogens is 1. The first-order chi connectivity index (χ1) is 7.72. The highest BCUT2D eigenvalue weighted by atomic mass is 32.1. The van der Waals surface area contributed by atoms with E-state index in [2.05, 4.69) is 36.3 Å². The highest BCUT2D eigenvalue weighted by Gasteiger charge is 2.07. The quantitative estimate of drug-likeness (QED) is 0.858. The highest BCUT2D eigenvalue weighted by Crippen LogP contribution is 2.25. The second kappa shape index (κ2) is 4.33. The first kappa shape index (κ1) is 10.7. The molecule has 0 bridgehead atoms. The van der Waals surface area contributed by atoms with Gasteiger partial charge in [-0.1, -0.05) is 12.1 Å². The number of benzene rings is 1. The average Bonchev–Trinajstić information content (AvgIpc) is 2.72. The maximum absolute atomic E-state index is 8.89. The van der Waals surface area contributed by atoms with Crippen LogP contribution in [0.2, 0.25) is 0 Å². The Hall–Kier alpha value is -1.86. The van der Waals surface area contributed by atoms with Crippen molar-refractivity contribution in [2.75, 3.05) is 5.32 Å². The Morgan fingerprint density at radius 3 is 2.94 bits per heavy atom. The van der Waals surface area contributed by atoms with Crippen molar-refractivity contribution >= 4 is 22.8 Å². The Balaban J connectivity index is 2.35. The van der Waals surface area contributed by atoms with Crippen LogP contribution >= 0.6 is 11.3 Å². The number of hydrogen-bond acceptors (Lipinski definition) is 4. The molecule has 4 heteroatoms. The number of rotatable bonds is 2. The van der Waals surface area contributed by atoms with Crippen molar-refractivity contribution < 1.29 is 0 Å². The van der Waals surface area contributed by atoms with E-state index in [4.69, 9.17) is 5.26 Å². The third-order valence-electron chi connectivity index (χ3n) is 2.53. The van der Waals surface area contributed by atoms with Gasteiger partial charge in [0.1, 0.15) is 10.9 Å². The molecule has 0 aliphatic rings. The number of aryl methyl sites for hydroxylation is 1. The van der Waals surface area contributed by atoms with Gasteiger partial charge in [0, 0.05) is 5.69 Å². The van der Waals surface area contributed by atoms with Gasteiger partial charge < -0.3 is 5.32 Å². The second-order valence-corrected chi connectivity index (χ2v) is 4.37. The fraction of sp³-hybridized carbons (Fsp3) is 0.167. The van der Waals surface area contributed by atoms with Gasteiger partial charge in [-0.3, -0.25) is 0 Å². The summed E-state index contributed by atoms with van der Waals surface area (Å²) in [6, 6.07) is 8.16. The summed E-state index contributed by atoms with van der Waals surface area (Å²) >= 11 is 1.34. The number of thiazole rings is 1. The smallest absolute Gasteiger partial charge is 0.159 e. The monoisotopic (exact) mass is 229 g/mol. The summed E-state index contributed by atoms with van der Waals surface area (Å²) in [4.78, 5) is 4.75. The van der Waals surface area contributed by atoms with Gasteiger partial charge in [-0.05, 0) is 31.0 Å². The summed E-state index contributed by atoms with van der Waals surface area (Å²) in [7, 11) is 0. The van der Waals surface area contributed by atoms with Crippen molar-refractivity contribution in [1.82, 2.24) is 4.98 Å². The largest absolute Gasteiger partial charge is 0.338 e. The fourth-order valence-electron chi connectivity index (χ4n) is 1.43. The number of anilines is 2. The summed E-state index contributed by atoms with van der Waals surface area (Å²) in [6.07, 6.45) is 0. The van der Waals surface area contributed by atoms with E-state index in [0.717, 1.165) is 5.69 Å². The van der Waals surface area contributed by atoms with E-state index >= 15 is 0 Å². The van der Waals surface area contributed by atoms with E-state index in [9.17, 15) is 0 Å². The molecule has 0 unspecified atom stereocenters. The zero-order valence-electron chi connectivity index (χ0n) is 9.11. The van der Waals surface area contributed by atoms with E-state index in [-0.39, 0.29) is 0 Å². The lowest BCUT2D eigenvalue weighted by Crippen LogP contribution is -1.96. The summed E-state index contributed by atoms with van der Waals surface area (Å²) in [5.74, 6) is 0.640. The van der Waals surface area contributed by atoms with E-state index in [1.165, 1.54) is 22.5 Å². The van der Waals surface area contributed by atoms with Gasteiger partial charge in [-0.2, -0.15) is 5.26 Å². The Bertz CT molecular complexity index is 552. The molecule has 0 atom stereocenters. The molecule has 1 heterocycles. The van der Waals surface area contributed by atoms with Crippen LogP contribution < -0.4 is 5.32 Å². The molecule has 0 aliphatic carbocycles. The third-order valence-corrected chi connectivity index (χ3v) is 3.26. The van der Waals surface area contributed by atoms with Crippen LogP contribution in [0.3, 0.4) is 0 Å². The van der Waals surface area contributed by atoms with Gasteiger partial charge in [-0.25, -0.2) is 4.98 Å². The molecule has 16 heavy (non-hydrogen) atoms. The normalized spacial score (nSPS) is 9.81. The lowest BCUT2D eigenvalue weighted by molar-refractivity contribution is 1.30. The minimum Gasteiger partial charge on any atom is -0.338 e. The maximum atomic E-state index is 8.89. The standard InChI is InChI=1S/C12H11N3S/c1-8-4-3-5-10(9(8)2)15-12-11(6-13)16-7-14-12/h3-5,7,15H,1-2H3. The summed E-state index contributed by atoms with van der Waals surface area (Å²) < 4.78 is 0. The Kier molecular flexibility index (Phi) is 2.88. The molecule has 0 saturated carbocycles. The van der Waals surface area contributed by atoms with Crippen LogP contribution in [0.15, 0.2) is 23.7 Å². The molecule has 0 amide bonds. The highest BCUT2D eigenvalue weighted by molar-refractivity contribution is 7.10. The summed E-state index contributed by atoms with van der Waals surface area (Å²) in [5, 5.41) is 12.1. The molecule has 1 aromatic carbocycles. The van der Waals surface area contributed by atoms with E-state index < -0.39 is 0 Å². The predicted octanol–water partition coefficient (Wildman–Crippen LogP) is 3.38. The Morgan fingerprint density at radius 2 is 2.19 bits per heavy atom. The van der Waals surface area contributed by atoms with Crippen molar-refractivity contribution in [2.45, 2.75) is 13.8 Å². The SMILES string of the molecule is Cc1cccc(Nc2ncsc2C#N)c1C. The van der Waals surface area contributed by atoms with Crippen LogP contribution in [-0.4, -0.2) is 4.98 Å². The van der Waals surface area contributed by atoms with Crippen molar-refractivity contribution in [3.63, 3.8) is 0 Å². The zero-order chi connectivity index (χ0) is 11.5. The molecular weight excluding hydrogens is 218 g/mol. The van der Waals surface area contributed by atoms with Gasteiger partial charge in [-0.15, -0.1) is 11.3 Å². The lowest BCUT2D eigenvalue weighted by Gasteiger charge is -2.09. The molecule has 3 nitrogen and oxygen atoms in total. The van der Waals surface area contributed by atoms with Crippen LogP contribution in [0.1, 0.15) is 16.0 Å². The molecule has 2 rings (SSSR count). The predicted molar refractivity (Wildman–Crippen MR) is 66.0 cm³/mol. The van der Waals surface area contributed by atoms with Crippen LogP contribution in [0.5, 0.6) is 0 Å². The number of nitrogens with one attached hydrogen (secondary N) is 1. The topological polar surface area (TPSA) is 48.7 Å². The molecule has 0 spiro atoms. The number of hydrogen-bond donors (Lipinski definition) is 1. The molecule has 0 aliphatic heterocycles. The van der Waals surface area contributed by atoms with Crippen molar-refractivity contribution in [3.05, 3.63) is 39.7 Å². The minimum atomic E-state index is 0.612. The number of nitrogens with zero attached hydrogens (tertiary/aromatic N) is 2. The minimum absolute atomic E-state index is 0.612. The van der Waals surface area contributed by atoms with Crippen LogP contribution in [-0.2, 0) is 0 Å². The van der Waals surface area contributed by atoms with Gasteiger partial charge in [0.2, 0.25) is 0 Å². The van der Waals surface area contributed by atoms with Crippen molar-refractivity contribution in [1.29, 1.82) is 5.26 Å². The van der Waals surface area contributed by atoms with Crippen molar-refractivity contribution in [2.24, 2.45) is 0 Å². The molecule has 0 radical (unpaired) electrons. The van der Waals surface area contributed by atoms with Gasteiger partial charge in [0.25, 0.3) is 0 Å². The van der Waals surface area contributed by atoms with Gasteiger partial charge >= 0.3 is 0 Å². The number of nitriles is 1. The molecular formula is C12H11N3S. The first-order valence-corrected chi connectivity index (χ1v) is 5.77.